The summed E-state index contributed by atoms with van der Waals surface area (Å²) in [5, 5.41) is 8.29. The van der Waals surface area contributed by atoms with Crippen molar-refractivity contribution in [1.29, 1.82) is 0 Å². The predicted molar refractivity (Wildman–Crippen MR) is 77.2 cm³/mol. The van der Waals surface area contributed by atoms with Gasteiger partial charge >= 0.3 is 6.03 Å². The average Bonchev–Trinajstić information content (AvgIpc) is 2.24. The van der Waals surface area contributed by atoms with E-state index >= 15 is 0 Å². The van der Waals surface area contributed by atoms with E-state index in [9.17, 15) is 9.59 Å². The van der Waals surface area contributed by atoms with Crippen LogP contribution in [0.5, 0.6) is 5.75 Å². The molecule has 3 amide bonds. The summed E-state index contributed by atoms with van der Waals surface area (Å²) in [5.74, 6) is 0.285. The smallest absolute Gasteiger partial charge is 0.319 e. The van der Waals surface area contributed by atoms with Gasteiger partial charge in [0.15, 0.2) is 12.4 Å². The number of aryl methyl sites for hydroxylation is 1. The molecule has 0 atom stereocenters. The van der Waals surface area contributed by atoms with Gasteiger partial charge in [0, 0.05) is 5.54 Å². The third-order valence-electron chi connectivity index (χ3n) is 2.59. The van der Waals surface area contributed by atoms with Crippen molar-refractivity contribution in [3.8, 4) is 5.75 Å². The number of ether oxygens (including phenoxy) is 1. The molecule has 0 spiro atoms. The van der Waals surface area contributed by atoms with Gasteiger partial charge in [0.1, 0.15) is 0 Å². The van der Waals surface area contributed by atoms with Gasteiger partial charge in [-0.05, 0) is 45.4 Å². The summed E-state index contributed by atoms with van der Waals surface area (Å²) in [6.45, 7) is 7.53. The fourth-order valence-electron chi connectivity index (χ4n) is 1.93. The zero-order valence-corrected chi connectivity index (χ0v) is 12.1. The van der Waals surface area contributed by atoms with Crippen LogP contribution in [0.1, 0.15) is 26.3 Å². The molecule has 0 aliphatic carbocycles. The highest BCUT2D eigenvalue weighted by Crippen LogP contribution is 2.36. The Kier molecular flexibility index (Phi) is 3.57. The summed E-state index contributed by atoms with van der Waals surface area (Å²) in [4.78, 5) is 23.2. The summed E-state index contributed by atoms with van der Waals surface area (Å²) in [6.07, 6.45) is 0. The Labute approximate surface area is 117 Å². The zero-order chi connectivity index (χ0) is 14.9. The molecule has 20 heavy (non-hydrogen) atoms. The minimum absolute atomic E-state index is 0.0500. The number of anilines is 2. The lowest BCUT2D eigenvalue weighted by Gasteiger charge is -2.24. The second kappa shape index (κ2) is 5.03. The Morgan fingerprint density at radius 3 is 2.70 bits per heavy atom. The largest absolute Gasteiger partial charge is 0.479 e. The van der Waals surface area contributed by atoms with Crippen molar-refractivity contribution in [2.75, 3.05) is 17.2 Å². The van der Waals surface area contributed by atoms with E-state index in [0.717, 1.165) is 5.56 Å². The SMILES string of the molecule is Cc1cc2c(c(NC(=O)NC(C)(C)C)c1)OCC(=O)N2. The van der Waals surface area contributed by atoms with Crippen molar-refractivity contribution in [2.24, 2.45) is 0 Å². The minimum atomic E-state index is -0.330. The molecule has 2 rings (SSSR count). The van der Waals surface area contributed by atoms with Gasteiger partial charge in [0.05, 0.1) is 11.4 Å². The van der Waals surface area contributed by atoms with E-state index in [1.165, 1.54) is 0 Å². The Bertz CT molecular complexity index is 562. The number of urea groups is 1. The standard InChI is InChI=1S/C14H19N3O3/c1-8-5-9-12(20-7-11(18)15-9)10(6-8)16-13(19)17-14(2,3)4/h5-6H,7H2,1-4H3,(H,15,18)(H2,16,17,19). The number of hydrogen-bond acceptors (Lipinski definition) is 3. The normalized spacial score (nSPS) is 13.9. The van der Waals surface area contributed by atoms with E-state index in [0.29, 0.717) is 17.1 Å². The Balaban J connectivity index is 2.24. The fourth-order valence-corrected chi connectivity index (χ4v) is 1.93. The molecular formula is C14H19N3O3. The molecule has 0 aromatic heterocycles. The first-order valence-corrected chi connectivity index (χ1v) is 6.41. The number of hydrogen-bond donors (Lipinski definition) is 3. The first-order chi connectivity index (χ1) is 9.24. The van der Waals surface area contributed by atoms with Crippen molar-refractivity contribution >= 4 is 23.3 Å². The summed E-state index contributed by atoms with van der Waals surface area (Å²) in [7, 11) is 0. The van der Waals surface area contributed by atoms with Crippen molar-refractivity contribution < 1.29 is 14.3 Å². The van der Waals surface area contributed by atoms with Gasteiger partial charge in [-0.3, -0.25) is 4.79 Å². The van der Waals surface area contributed by atoms with E-state index in [1.807, 2.05) is 27.7 Å². The zero-order valence-electron chi connectivity index (χ0n) is 12.1. The highest BCUT2D eigenvalue weighted by atomic mass is 16.5. The monoisotopic (exact) mass is 277 g/mol. The number of benzene rings is 1. The number of nitrogens with one attached hydrogen (secondary N) is 3. The molecule has 1 aliphatic heterocycles. The molecule has 0 fully saturated rings. The minimum Gasteiger partial charge on any atom is -0.479 e. The molecule has 1 aliphatic rings. The Morgan fingerprint density at radius 1 is 1.35 bits per heavy atom. The van der Waals surface area contributed by atoms with Crippen LogP contribution < -0.4 is 20.7 Å². The summed E-state index contributed by atoms with van der Waals surface area (Å²) < 4.78 is 5.40. The number of carbonyl (C=O) groups excluding carboxylic acids is 2. The average molecular weight is 277 g/mol. The maximum atomic E-state index is 11.9. The van der Waals surface area contributed by atoms with Crippen LogP contribution in [0.3, 0.4) is 0 Å². The van der Waals surface area contributed by atoms with Gasteiger partial charge in [0.25, 0.3) is 5.91 Å². The first kappa shape index (κ1) is 14.2. The molecule has 0 saturated heterocycles. The van der Waals surface area contributed by atoms with Crippen LogP contribution in [0.25, 0.3) is 0 Å². The van der Waals surface area contributed by atoms with Crippen LogP contribution in [0.4, 0.5) is 16.2 Å². The lowest BCUT2D eigenvalue weighted by molar-refractivity contribution is -0.118. The van der Waals surface area contributed by atoms with Crippen LogP contribution in [-0.2, 0) is 4.79 Å². The van der Waals surface area contributed by atoms with Gasteiger partial charge < -0.3 is 20.7 Å². The van der Waals surface area contributed by atoms with Crippen LogP contribution in [-0.4, -0.2) is 24.1 Å². The van der Waals surface area contributed by atoms with Crippen molar-refractivity contribution in [2.45, 2.75) is 33.2 Å². The van der Waals surface area contributed by atoms with Crippen LogP contribution in [0.15, 0.2) is 12.1 Å². The molecule has 6 heteroatoms. The van der Waals surface area contributed by atoms with E-state index in [1.54, 1.807) is 12.1 Å². The third kappa shape index (κ3) is 3.40. The second-order valence-electron chi connectivity index (χ2n) is 5.86. The first-order valence-electron chi connectivity index (χ1n) is 6.41. The van der Waals surface area contributed by atoms with Gasteiger partial charge in [-0.1, -0.05) is 0 Å². The highest BCUT2D eigenvalue weighted by molar-refractivity contribution is 6.00. The van der Waals surface area contributed by atoms with E-state index in [4.69, 9.17) is 4.74 Å². The fraction of sp³-hybridized carbons (Fsp3) is 0.429. The van der Waals surface area contributed by atoms with E-state index < -0.39 is 0 Å². The molecule has 1 aromatic carbocycles. The van der Waals surface area contributed by atoms with Crippen LogP contribution >= 0.6 is 0 Å². The number of amides is 3. The second-order valence-corrected chi connectivity index (χ2v) is 5.86. The van der Waals surface area contributed by atoms with Crippen molar-refractivity contribution in [3.63, 3.8) is 0 Å². The van der Waals surface area contributed by atoms with Crippen molar-refractivity contribution in [3.05, 3.63) is 17.7 Å². The lowest BCUT2D eigenvalue weighted by Crippen LogP contribution is -2.43. The van der Waals surface area contributed by atoms with Gasteiger partial charge in [0.2, 0.25) is 0 Å². The highest BCUT2D eigenvalue weighted by Gasteiger charge is 2.22. The van der Waals surface area contributed by atoms with Gasteiger partial charge in [-0.25, -0.2) is 4.79 Å². The molecule has 3 N–H and O–H groups in total. The lowest BCUT2D eigenvalue weighted by atomic mass is 10.1. The molecule has 108 valence electrons. The Hall–Kier alpha value is -2.24. The van der Waals surface area contributed by atoms with Crippen LogP contribution in [0, 0.1) is 6.92 Å². The number of fused-ring (bicyclic) bond motifs is 1. The molecule has 0 saturated carbocycles. The van der Waals surface area contributed by atoms with E-state index in [2.05, 4.69) is 16.0 Å². The summed E-state index contributed by atoms with van der Waals surface area (Å²) in [6, 6.07) is 3.29. The maximum Gasteiger partial charge on any atom is 0.319 e. The summed E-state index contributed by atoms with van der Waals surface area (Å²) >= 11 is 0. The molecule has 1 aromatic rings. The molecule has 0 unspecified atom stereocenters. The van der Waals surface area contributed by atoms with Gasteiger partial charge in [-0.2, -0.15) is 0 Å². The quantitative estimate of drug-likeness (QED) is 0.736. The molecule has 0 radical (unpaired) electrons. The molecular weight excluding hydrogens is 258 g/mol. The number of carbonyl (C=O) groups is 2. The Morgan fingerprint density at radius 2 is 2.05 bits per heavy atom. The van der Waals surface area contributed by atoms with Crippen molar-refractivity contribution in [1.82, 2.24) is 5.32 Å². The maximum absolute atomic E-state index is 11.9. The number of rotatable bonds is 1. The third-order valence-corrected chi connectivity index (χ3v) is 2.59. The predicted octanol–water partition coefficient (Wildman–Crippen LogP) is 2.25. The molecule has 0 bridgehead atoms. The molecule has 1 heterocycles. The summed E-state index contributed by atoms with van der Waals surface area (Å²) in [5.41, 5.74) is 1.71. The van der Waals surface area contributed by atoms with Gasteiger partial charge in [-0.15, -0.1) is 0 Å². The van der Waals surface area contributed by atoms with Crippen LogP contribution in [0.2, 0.25) is 0 Å². The molecule has 6 nitrogen and oxygen atoms in total. The topological polar surface area (TPSA) is 79.5 Å². The van der Waals surface area contributed by atoms with E-state index in [-0.39, 0.29) is 24.1 Å².